The molecule has 29 heavy (non-hydrogen) atoms. The summed E-state index contributed by atoms with van der Waals surface area (Å²) in [5, 5.41) is 10.5. The number of rotatable bonds is 3. The maximum Gasteiger partial charge on any atom is 0.410 e. The molecule has 1 atom stereocenters. The third-order valence-corrected chi connectivity index (χ3v) is 6.45. The molecule has 3 rings (SSSR count). The lowest BCUT2D eigenvalue weighted by molar-refractivity contribution is 0.0292. The minimum Gasteiger partial charge on any atom is -0.508 e. The van der Waals surface area contributed by atoms with Gasteiger partial charge in [-0.05, 0) is 63.1 Å². The molecule has 1 fully saturated rings. The van der Waals surface area contributed by atoms with Gasteiger partial charge in [-0.15, -0.1) is 0 Å². The van der Waals surface area contributed by atoms with Gasteiger partial charge in [0.25, 0.3) is 0 Å². The Kier molecular flexibility index (Phi) is 5.58. The van der Waals surface area contributed by atoms with E-state index >= 15 is 0 Å². The molecule has 1 N–H and O–H groups in total. The Labute approximate surface area is 169 Å². The van der Waals surface area contributed by atoms with E-state index < -0.39 is 27.3 Å². The molecule has 1 unspecified atom stereocenters. The third kappa shape index (κ3) is 4.70. The fourth-order valence-electron chi connectivity index (χ4n) is 3.31. The fourth-order valence-corrected chi connectivity index (χ4v) is 4.62. The molecular weight excluding hydrogens is 397 g/mol. The van der Waals surface area contributed by atoms with Crippen LogP contribution in [0.5, 0.6) is 5.75 Å². The number of nitrogens with zero attached hydrogens (tertiary/aromatic N) is 1. The summed E-state index contributed by atoms with van der Waals surface area (Å²) in [6.07, 6.45) is 0.216. The number of phenols is 1. The Hall–Kier alpha value is -2.61. The molecule has 156 valence electrons. The zero-order chi connectivity index (χ0) is 21.4. The van der Waals surface area contributed by atoms with Crippen molar-refractivity contribution in [2.24, 2.45) is 0 Å². The van der Waals surface area contributed by atoms with Gasteiger partial charge in [0.2, 0.25) is 9.84 Å². The second-order valence-electron chi connectivity index (χ2n) is 8.09. The predicted molar refractivity (Wildman–Crippen MR) is 105 cm³/mol. The van der Waals surface area contributed by atoms with Crippen molar-refractivity contribution in [2.75, 3.05) is 13.1 Å². The largest absolute Gasteiger partial charge is 0.508 e. The molecule has 0 aliphatic carbocycles. The van der Waals surface area contributed by atoms with Crippen LogP contribution in [0.15, 0.2) is 52.3 Å². The van der Waals surface area contributed by atoms with E-state index in [0.717, 1.165) is 12.1 Å². The minimum atomic E-state index is -3.95. The second-order valence-corrected chi connectivity index (χ2v) is 10.0. The van der Waals surface area contributed by atoms with Gasteiger partial charge in [0.1, 0.15) is 17.2 Å². The van der Waals surface area contributed by atoms with E-state index in [2.05, 4.69) is 0 Å². The van der Waals surface area contributed by atoms with Crippen molar-refractivity contribution in [1.29, 1.82) is 0 Å². The first-order valence-corrected chi connectivity index (χ1v) is 10.8. The van der Waals surface area contributed by atoms with E-state index in [1.807, 2.05) is 0 Å². The Morgan fingerprint density at radius 2 is 1.86 bits per heavy atom. The van der Waals surface area contributed by atoms with Crippen LogP contribution in [-0.4, -0.2) is 43.2 Å². The van der Waals surface area contributed by atoms with Gasteiger partial charge in [-0.2, -0.15) is 0 Å². The van der Waals surface area contributed by atoms with Crippen LogP contribution in [0.1, 0.15) is 38.7 Å². The number of carbonyl (C=O) groups excluding carboxylic acids is 1. The summed E-state index contributed by atoms with van der Waals surface area (Å²) in [5.74, 6) is -0.952. The number of aromatic hydroxyl groups is 1. The number of hydrogen-bond acceptors (Lipinski definition) is 5. The quantitative estimate of drug-likeness (QED) is 0.807. The molecule has 6 nitrogen and oxygen atoms in total. The first kappa shape index (κ1) is 21.1. The predicted octanol–water partition coefficient (Wildman–Crippen LogP) is 4.09. The van der Waals surface area contributed by atoms with Gasteiger partial charge >= 0.3 is 6.09 Å². The second kappa shape index (κ2) is 7.67. The van der Waals surface area contributed by atoms with E-state index in [9.17, 15) is 22.7 Å². The lowest BCUT2D eigenvalue weighted by atomic mass is 9.97. The fraction of sp³-hybridized carbons (Fsp3) is 0.381. The van der Waals surface area contributed by atoms with Crippen LogP contribution >= 0.6 is 0 Å². The number of phenolic OH excluding ortho intramolecular Hbond substituents is 1. The van der Waals surface area contributed by atoms with E-state index in [1.54, 1.807) is 31.7 Å². The first-order chi connectivity index (χ1) is 13.5. The lowest BCUT2D eigenvalue weighted by Gasteiger charge is -2.24. The topological polar surface area (TPSA) is 83.9 Å². The monoisotopic (exact) mass is 421 g/mol. The van der Waals surface area contributed by atoms with Crippen molar-refractivity contribution in [3.8, 4) is 5.75 Å². The number of halogens is 1. The highest BCUT2D eigenvalue weighted by atomic mass is 32.2. The Balaban J connectivity index is 1.79. The summed E-state index contributed by atoms with van der Waals surface area (Å²) in [7, 11) is -3.95. The van der Waals surface area contributed by atoms with E-state index in [1.165, 1.54) is 24.3 Å². The van der Waals surface area contributed by atoms with Crippen LogP contribution in [0.2, 0.25) is 0 Å². The van der Waals surface area contributed by atoms with E-state index in [-0.39, 0.29) is 21.5 Å². The number of hydrogen-bond donors (Lipinski definition) is 1. The van der Waals surface area contributed by atoms with Crippen LogP contribution in [0, 0.1) is 5.82 Å². The number of likely N-dealkylation sites (tertiary alicyclic amines) is 1. The van der Waals surface area contributed by atoms with Gasteiger partial charge in [-0.25, -0.2) is 17.6 Å². The third-order valence-electron chi connectivity index (χ3n) is 4.70. The summed E-state index contributed by atoms with van der Waals surface area (Å²) in [4.78, 5) is 13.5. The molecule has 2 aromatic carbocycles. The van der Waals surface area contributed by atoms with Crippen LogP contribution < -0.4 is 0 Å². The van der Waals surface area contributed by atoms with Crippen molar-refractivity contribution in [3.05, 3.63) is 53.8 Å². The van der Waals surface area contributed by atoms with Crippen molar-refractivity contribution >= 4 is 15.9 Å². The highest BCUT2D eigenvalue weighted by molar-refractivity contribution is 7.91. The molecule has 1 aliphatic rings. The molecule has 1 saturated heterocycles. The van der Waals surface area contributed by atoms with Gasteiger partial charge in [0, 0.05) is 19.0 Å². The van der Waals surface area contributed by atoms with Gasteiger partial charge in [-0.3, -0.25) is 0 Å². The minimum absolute atomic E-state index is 0.119. The Bertz CT molecular complexity index is 1030. The van der Waals surface area contributed by atoms with Crippen LogP contribution in [0.25, 0.3) is 0 Å². The Morgan fingerprint density at radius 3 is 2.48 bits per heavy atom. The van der Waals surface area contributed by atoms with Gasteiger partial charge < -0.3 is 14.7 Å². The summed E-state index contributed by atoms with van der Waals surface area (Å²) in [6, 6.07) is 8.84. The van der Waals surface area contributed by atoms with Gasteiger partial charge in [0.05, 0.1) is 9.79 Å². The molecular formula is C21H24FNO5S. The molecule has 2 aromatic rings. The number of carbonyl (C=O) groups is 1. The zero-order valence-electron chi connectivity index (χ0n) is 16.6. The van der Waals surface area contributed by atoms with Crippen LogP contribution in [-0.2, 0) is 14.6 Å². The number of sulfone groups is 1. The molecule has 1 amide bonds. The SMILES string of the molecule is CC(C)(C)OC(=O)N1CCC(c2ccc(S(=O)(=O)c3cccc(F)c3)cc2O)C1. The maximum absolute atomic E-state index is 13.4. The zero-order valence-corrected chi connectivity index (χ0v) is 17.4. The average Bonchev–Trinajstić information content (AvgIpc) is 3.10. The summed E-state index contributed by atoms with van der Waals surface area (Å²) in [5.41, 5.74) is -0.0289. The number of ether oxygens (including phenoxy) is 1. The smallest absolute Gasteiger partial charge is 0.410 e. The van der Waals surface area contributed by atoms with Crippen molar-refractivity contribution in [2.45, 2.75) is 48.5 Å². The van der Waals surface area contributed by atoms with Crippen LogP contribution in [0.3, 0.4) is 0 Å². The van der Waals surface area contributed by atoms with Crippen molar-refractivity contribution in [1.82, 2.24) is 4.90 Å². The van der Waals surface area contributed by atoms with E-state index in [0.29, 0.717) is 25.1 Å². The molecule has 0 aromatic heterocycles. The molecule has 0 saturated carbocycles. The highest BCUT2D eigenvalue weighted by Crippen LogP contribution is 2.36. The number of benzene rings is 2. The highest BCUT2D eigenvalue weighted by Gasteiger charge is 2.32. The number of amides is 1. The molecule has 0 radical (unpaired) electrons. The van der Waals surface area contributed by atoms with Gasteiger partial charge in [-0.1, -0.05) is 12.1 Å². The lowest BCUT2D eigenvalue weighted by Crippen LogP contribution is -2.35. The summed E-state index contributed by atoms with van der Waals surface area (Å²) >= 11 is 0. The van der Waals surface area contributed by atoms with Crippen molar-refractivity contribution < 1.29 is 27.4 Å². The van der Waals surface area contributed by atoms with E-state index in [4.69, 9.17) is 4.74 Å². The molecule has 0 bridgehead atoms. The Morgan fingerprint density at radius 1 is 1.17 bits per heavy atom. The summed E-state index contributed by atoms with van der Waals surface area (Å²) < 4.78 is 44.2. The normalized spacial score (nSPS) is 17.4. The standard InChI is InChI=1S/C21H24FNO5S/c1-21(2,3)28-20(25)23-10-9-14(13-23)18-8-7-17(12-19(18)24)29(26,27)16-6-4-5-15(22)11-16/h4-8,11-12,14,24H,9-10,13H2,1-3H3. The average molecular weight is 421 g/mol. The molecule has 1 aliphatic heterocycles. The summed E-state index contributed by atoms with van der Waals surface area (Å²) in [6.45, 7) is 6.24. The maximum atomic E-state index is 13.4. The molecule has 8 heteroatoms. The van der Waals surface area contributed by atoms with Crippen molar-refractivity contribution in [3.63, 3.8) is 0 Å². The molecule has 1 heterocycles. The van der Waals surface area contributed by atoms with Crippen LogP contribution in [0.4, 0.5) is 9.18 Å². The molecule has 0 spiro atoms. The van der Waals surface area contributed by atoms with Gasteiger partial charge in [0.15, 0.2) is 0 Å². The first-order valence-electron chi connectivity index (χ1n) is 9.29.